The van der Waals surface area contributed by atoms with Crippen LogP contribution in [0.15, 0.2) is 84.9 Å². The Kier molecular flexibility index (Phi) is 6.05. The number of hydrogen-bond acceptors (Lipinski definition) is 4. The number of amides is 2. The van der Waals surface area contributed by atoms with Crippen LogP contribution in [-0.2, 0) is 4.79 Å². The molecule has 0 bridgehead atoms. The minimum absolute atomic E-state index is 0.0326. The number of para-hydroxylation sites is 1. The quantitative estimate of drug-likeness (QED) is 0.468. The zero-order valence-electron chi connectivity index (χ0n) is 17.0. The highest BCUT2D eigenvalue weighted by Crippen LogP contribution is 2.21. The van der Waals surface area contributed by atoms with E-state index in [9.17, 15) is 9.59 Å². The van der Waals surface area contributed by atoms with E-state index in [0.717, 1.165) is 11.3 Å². The van der Waals surface area contributed by atoms with Gasteiger partial charge in [-0.2, -0.15) is 0 Å². The number of terminal acetylenes is 1. The molecule has 7 heteroatoms. The van der Waals surface area contributed by atoms with E-state index >= 15 is 0 Å². The molecule has 0 aliphatic rings. The third-order valence-electron chi connectivity index (χ3n) is 4.57. The largest absolute Gasteiger partial charge is 0.340 e. The summed E-state index contributed by atoms with van der Waals surface area (Å²) >= 11 is 0. The number of aromatic nitrogens is 3. The van der Waals surface area contributed by atoms with Crippen molar-refractivity contribution < 1.29 is 9.59 Å². The maximum absolute atomic E-state index is 12.7. The van der Waals surface area contributed by atoms with Gasteiger partial charge in [-0.15, -0.1) is 11.5 Å². The van der Waals surface area contributed by atoms with E-state index in [-0.39, 0.29) is 12.4 Å². The molecule has 4 rings (SSSR count). The summed E-state index contributed by atoms with van der Waals surface area (Å²) in [7, 11) is 0. The first-order valence-corrected chi connectivity index (χ1v) is 9.86. The van der Waals surface area contributed by atoms with Crippen molar-refractivity contribution in [2.75, 3.05) is 11.9 Å². The van der Waals surface area contributed by atoms with Crippen molar-refractivity contribution in [1.29, 1.82) is 0 Å². The molecule has 1 aromatic heterocycles. The van der Waals surface area contributed by atoms with Gasteiger partial charge in [-0.05, 0) is 30.3 Å². The molecule has 4 aromatic rings. The molecule has 0 aliphatic carbocycles. The van der Waals surface area contributed by atoms with Gasteiger partial charge in [-0.25, -0.2) is 9.67 Å². The Morgan fingerprint density at radius 3 is 2.38 bits per heavy atom. The van der Waals surface area contributed by atoms with Gasteiger partial charge in [0, 0.05) is 16.8 Å². The summed E-state index contributed by atoms with van der Waals surface area (Å²) in [5.74, 6) is 2.06. The van der Waals surface area contributed by atoms with Crippen LogP contribution in [0.4, 0.5) is 5.69 Å². The average molecular weight is 421 g/mol. The number of carbonyl (C=O) groups excluding carboxylic acids is 2. The molecular formula is C25H19N5O2. The molecule has 0 atom stereocenters. The zero-order valence-corrected chi connectivity index (χ0v) is 17.0. The molecular weight excluding hydrogens is 402 g/mol. The van der Waals surface area contributed by atoms with Crippen LogP contribution in [0.1, 0.15) is 16.2 Å². The van der Waals surface area contributed by atoms with Gasteiger partial charge in [0.1, 0.15) is 0 Å². The molecule has 0 unspecified atom stereocenters. The van der Waals surface area contributed by atoms with Gasteiger partial charge in [0.25, 0.3) is 5.91 Å². The third-order valence-corrected chi connectivity index (χ3v) is 4.57. The van der Waals surface area contributed by atoms with E-state index in [2.05, 4.69) is 26.6 Å². The fourth-order valence-corrected chi connectivity index (χ4v) is 3.06. The Bertz CT molecular complexity index is 1230. The van der Waals surface area contributed by atoms with E-state index in [1.807, 2.05) is 60.7 Å². The second kappa shape index (κ2) is 9.41. The van der Waals surface area contributed by atoms with Gasteiger partial charge in [0.15, 0.2) is 5.82 Å². The predicted molar refractivity (Wildman–Crippen MR) is 122 cm³/mol. The first-order valence-electron chi connectivity index (χ1n) is 9.86. The summed E-state index contributed by atoms with van der Waals surface area (Å²) in [6.07, 6.45) is 5.37. The number of nitrogens with zero attached hydrogens (tertiary/aromatic N) is 3. The van der Waals surface area contributed by atoms with Crippen LogP contribution in [0.2, 0.25) is 0 Å². The molecule has 2 amide bonds. The number of anilines is 1. The number of carbonyl (C=O) groups is 2. The molecule has 0 spiro atoms. The minimum Gasteiger partial charge on any atom is -0.340 e. The zero-order chi connectivity index (χ0) is 22.3. The Balaban J connectivity index is 1.50. The molecule has 0 aliphatic heterocycles. The fourth-order valence-electron chi connectivity index (χ4n) is 3.06. The normalized spacial score (nSPS) is 10.2. The van der Waals surface area contributed by atoms with Gasteiger partial charge < -0.3 is 10.6 Å². The lowest BCUT2D eigenvalue weighted by atomic mass is 10.2. The second-order valence-electron chi connectivity index (χ2n) is 6.83. The van der Waals surface area contributed by atoms with Gasteiger partial charge >= 0.3 is 0 Å². The lowest BCUT2D eigenvalue weighted by molar-refractivity contribution is -0.115. The summed E-state index contributed by atoms with van der Waals surface area (Å²) in [5, 5.41) is 9.64. The van der Waals surface area contributed by atoms with Crippen LogP contribution in [0.25, 0.3) is 17.1 Å². The van der Waals surface area contributed by atoms with E-state index in [4.69, 9.17) is 6.42 Å². The van der Waals surface area contributed by atoms with Crippen molar-refractivity contribution in [3.05, 3.63) is 96.3 Å². The monoisotopic (exact) mass is 421 g/mol. The lowest BCUT2D eigenvalue weighted by Crippen LogP contribution is -2.33. The molecule has 0 saturated carbocycles. The van der Waals surface area contributed by atoms with Crippen molar-refractivity contribution >= 4 is 17.5 Å². The number of benzene rings is 3. The van der Waals surface area contributed by atoms with E-state index < -0.39 is 11.8 Å². The predicted octanol–water partition coefficient (Wildman–Crippen LogP) is 3.28. The molecule has 2 N–H and O–H groups in total. The van der Waals surface area contributed by atoms with Gasteiger partial charge in [0.2, 0.25) is 11.7 Å². The smallest absolute Gasteiger partial charge is 0.291 e. The molecule has 0 radical (unpaired) electrons. The van der Waals surface area contributed by atoms with Gasteiger partial charge in [-0.1, -0.05) is 60.5 Å². The fraction of sp³-hybridized carbons (Fsp3) is 0.0400. The van der Waals surface area contributed by atoms with Crippen molar-refractivity contribution in [1.82, 2.24) is 20.1 Å². The highest BCUT2D eigenvalue weighted by atomic mass is 16.2. The minimum atomic E-state index is -0.551. The van der Waals surface area contributed by atoms with Crippen LogP contribution < -0.4 is 10.6 Å². The summed E-state index contributed by atoms with van der Waals surface area (Å²) in [4.78, 5) is 29.3. The van der Waals surface area contributed by atoms with Crippen molar-refractivity contribution in [3.8, 4) is 29.4 Å². The van der Waals surface area contributed by atoms with Crippen LogP contribution in [0.3, 0.4) is 0 Å². The molecule has 1 heterocycles. The van der Waals surface area contributed by atoms with E-state index in [0.29, 0.717) is 17.1 Å². The Labute approximate surface area is 185 Å². The number of hydrogen-bond donors (Lipinski definition) is 2. The van der Waals surface area contributed by atoms with E-state index in [1.54, 1.807) is 28.9 Å². The Hall–Kier alpha value is -4.70. The van der Waals surface area contributed by atoms with Crippen LogP contribution in [0, 0.1) is 12.3 Å². The van der Waals surface area contributed by atoms with Crippen molar-refractivity contribution in [3.63, 3.8) is 0 Å². The molecule has 156 valence electrons. The van der Waals surface area contributed by atoms with Crippen LogP contribution in [-0.4, -0.2) is 33.1 Å². The number of rotatable bonds is 6. The Morgan fingerprint density at radius 2 is 1.66 bits per heavy atom. The molecule has 32 heavy (non-hydrogen) atoms. The van der Waals surface area contributed by atoms with Crippen LogP contribution >= 0.6 is 0 Å². The summed E-state index contributed by atoms with van der Waals surface area (Å²) in [6.45, 7) is -0.236. The third kappa shape index (κ3) is 4.71. The maximum Gasteiger partial charge on any atom is 0.291 e. The summed E-state index contributed by atoms with van der Waals surface area (Å²) in [5.41, 5.74) is 2.78. The lowest BCUT2D eigenvalue weighted by Gasteiger charge is -2.06. The molecule has 0 fully saturated rings. The standard InChI is InChI=1S/C25H19N5O2/c1-2-18-10-9-13-20(16-18)27-22(31)17-26-25(32)23-28-24(19-11-5-3-6-12-19)30(29-23)21-14-7-4-8-15-21/h1,3-16H,17H2,(H,26,32)(H,27,31). The van der Waals surface area contributed by atoms with Crippen LogP contribution in [0.5, 0.6) is 0 Å². The number of nitrogens with one attached hydrogen (secondary N) is 2. The molecule has 3 aromatic carbocycles. The van der Waals surface area contributed by atoms with Gasteiger partial charge in [0.05, 0.1) is 12.2 Å². The molecule has 7 nitrogen and oxygen atoms in total. The van der Waals surface area contributed by atoms with Crippen molar-refractivity contribution in [2.45, 2.75) is 0 Å². The average Bonchev–Trinajstić information content (AvgIpc) is 3.29. The van der Waals surface area contributed by atoms with Crippen molar-refractivity contribution in [2.24, 2.45) is 0 Å². The summed E-state index contributed by atoms with van der Waals surface area (Å²) in [6, 6.07) is 25.8. The molecule has 0 saturated heterocycles. The highest BCUT2D eigenvalue weighted by molar-refractivity contribution is 5.97. The second-order valence-corrected chi connectivity index (χ2v) is 6.83. The SMILES string of the molecule is C#Cc1cccc(NC(=O)CNC(=O)c2nc(-c3ccccc3)n(-c3ccccc3)n2)c1. The van der Waals surface area contributed by atoms with E-state index in [1.165, 1.54) is 0 Å². The first-order chi connectivity index (χ1) is 15.6. The topological polar surface area (TPSA) is 88.9 Å². The van der Waals surface area contributed by atoms with Gasteiger partial charge in [-0.3, -0.25) is 9.59 Å². The summed E-state index contributed by atoms with van der Waals surface area (Å²) < 4.78 is 1.61. The highest BCUT2D eigenvalue weighted by Gasteiger charge is 2.19. The maximum atomic E-state index is 12.7. The first kappa shape index (κ1) is 20.6. The Morgan fingerprint density at radius 1 is 0.938 bits per heavy atom.